The normalized spacial score (nSPS) is 24.9. The van der Waals surface area contributed by atoms with Gasteiger partial charge < -0.3 is 38.9 Å². The molecule has 6 saturated heterocycles. The number of ether oxygens (including phenoxy) is 2. The van der Waals surface area contributed by atoms with Crippen LogP contribution in [0.5, 0.6) is 5.75 Å². The number of nitrogens with zero attached hydrogens (tertiary/aromatic N) is 6. The van der Waals surface area contributed by atoms with Gasteiger partial charge in [-0.3, -0.25) is 24.5 Å². The van der Waals surface area contributed by atoms with Crippen LogP contribution < -0.4 is 24.8 Å². The Labute approximate surface area is 373 Å². The van der Waals surface area contributed by atoms with E-state index in [9.17, 15) is 19.2 Å². The second-order valence-electron chi connectivity index (χ2n) is 19.0. The lowest BCUT2D eigenvalue weighted by atomic mass is 9.62. The number of fused-ring (bicyclic) bond motifs is 1. The van der Waals surface area contributed by atoms with Gasteiger partial charge in [0.2, 0.25) is 17.7 Å². The van der Waals surface area contributed by atoms with Crippen molar-refractivity contribution < 1.29 is 37.4 Å². The Morgan fingerprint density at radius 3 is 2.05 bits per heavy atom. The molecule has 2 atom stereocenters. The van der Waals surface area contributed by atoms with Crippen LogP contribution in [-0.4, -0.2) is 130 Å². The third kappa shape index (κ3) is 7.91. The molecule has 0 aromatic heterocycles. The third-order valence-electron chi connectivity index (χ3n) is 15.5. The van der Waals surface area contributed by atoms with Crippen LogP contribution in [0.3, 0.4) is 0 Å². The summed E-state index contributed by atoms with van der Waals surface area (Å²) in [6.07, 6.45) is 5.77. The van der Waals surface area contributed by atoms with Crippen molar-refractivity contribution in [3.05, 3.63) is 82.9 Å². The van der Waals surface area contributed by atoms with Crippen molar-refractivity contribution in [2.75, 3.05) is 100 Å². The maximum absolute atomic E-state index is 16.3. The average Bonchev–Trinajstić information content (AvgIpc) is 3.64. The number of carbonyl (C=O) groups is 4. The second-order valence-corrected chi connectivity index (χ2v) is 19.0. The summed E-state index contributed by atoms with van der Waals surface area (Å²) in [5, 5.41) is 2.38. The van der Waals surface area contributed by atoms with Crippen LogP contribution in [0.1, 0.15) is 78.9 Å². The second kappa shape index (κ2) is 17.7. The van der Waals surface area contributed by atoms with Gasteiger partial charge in [0.05, 0.1) is 29.9 Å². The summed E-state index contributed by atoms with van der Waals surface area (Å²) < 4.78 is 43.0. The number of halogens is 2. The maximum Gasteiger partial charge on any atom is 0.255 e. The molecule has 4 amide bonds. The molecule has 0 bridgehead atoms. The van der Waals surface area contributed by atoms with E-state index in [0.717, 1.165) is 102 Å². The molecule has 1 N–H and O–H groups in total. The predicted molar refractivity (Wildman–Crippen MR) is 237 cm³/mol. The smallest absolute Gasteiger partial charge is 0.255 e. The van der Waals surface area contributed by atoms with Gasteiger partial charge in [-0.25, -0.2) is 8.78 Å². The quantitative estimate of drug-likeness (QED) is 0.211. The van der Waals surface area contributed by atoms with Crippen LogP contribution in [0.4, 0.5) is 25.8 Å². The van der Waals surface area contributed by atoms with Gasteiger partial charge in [0.15, 0.2) is 0 Å². The molecule has 0 radical (unpaired) electrons. The summed E-state index contributed by atoms with van der Waals surface area (Å²) in [5.41, 5.74) is 3.18. The number of methoxy groups -OCH3 is 1. The Balaban J connectivity index is 0.689. The molecule has 3 aromatic rings. The minimum atomic E-state index is -0.799. The fourth-order valence-corrected chi connectivity index (χ4v) is 11.8. The first-order valence-electron chi connectivity index (χ1n) is 23.4. The van der Waals surface area contributed by atoms with Gasteiger partial charge in [-0.05, 0) is 98.7 Å². The van der Waals surface area contributed by atoms with Crippen LogP contribution in [0.25, 0.3) is 0 Å². The van der Waals surface area contributed by atoms with Crippen LogP contribution in [0.15, 0.2) is 54.6 Å². The molecule has 0 saturated carbocycles. The minimum absolute atomic E-state index is 0.136. The highest BCUT2D eigenvalue weighted by Crippen LogP contribution is 2.59. The van der Waals surface area contributed by atoms with E-state index in [1.165, 1.54) is 17.0 Å². The Morgan fingerprint density at radius 2 is 1.41 bits per heavy atom. The number of benzene rings is 3. The molecular formula is C49H59F2N7O6. The zero-order valence-electron chi connectivity index (χ0n) is 36.7. The first-order chi connectivity index (χ1) is 31.1. The van der Waals surface area contributed by atoms with Crippen LogP contribution >= 0.6 is 0 Å². The molecule has 64 heavy (non-hydrogen) atoms. The van der Waals surface area contributed by atoms with E-state index >= 15 is 8.78 Å². The van der Waals surface area contributed by atoms with E-state index in [1.807, 2.05) is 12.1 Å². The van der Waals surface area contributed by atoms with Crippen molar-refractivity contribution in [3.8, 4) is 5.75 Å². The molecule has 10 rings (SSSR count). The number of amides is 4. The van der Waals surface area contributed by atoms with Crippen molar-refractivity contribution in [3.63, 3.8) is 0 Å². The molecule has 6 fully saturated rings. The SMILES string of the molecule is COc1cc(N2CCC(CN3CCN(CC4CCN(c5ccc6c(c5)CN([C@H]5CCC(=O)NC5=O)C6=O)CC4)CC3)CC2)c(F)cc1[C@@H]1N(c2ccccc2F)C(=O)C12CCOCC2. The summed E-state index contributed by atoms with van der Waals surface area (Å²) in [6.45, 7) is 11.1. The summed E-state index contributed by atoms with van der Waals surface area (Å²) in [6, 6.07) is 14.4. The number of piperidine rings is 3. The molecule has 1 spiro atoms. The summed E-state index contributed by atoms with van der Waals surface area (Å²) in [5.74, 6) is -0.113. The topological polar surface area (TPSA) is 118 Å². The zero-order chi connectivity index (χ0) is 44.1. The molecular weight excluding hydrogens is 821 g/mol. The highest BCUT2D eigenvalue weighted by Gasteiger charge is 2.63. The predicted octanol–water partition coefficient (Wildman–Crippen LogP) is 5.37. The Hall–Kier alpha value is -5.12. The average molecular weight is 880 g/mol. The van der Waals surface area contributed by atoms with Crippen molar-refractivity contribution in [2.24, 2.45) is 17.3 Å². The van der Waals surface area contributed by atoms with E-state index in [0.29, 0.717) is 73.4 Å². The zero-order valence-corrected chi connectivity index (χ0v) is 36.7. The molecule has 0 unspecified atom stereocenters. The first kappa shape index (κ1) is 42.8. The summed E-state index contributed by atoms with van der Waals surface area (Å²) >= 11 is 0. The highest BCUT2D eigenvalue weighted by atomic mass is 19.1. The van der Waals surface area contributed by atoms with Gasteiger partial charge >= 0.3 is 0 Å². The van der Waals surface area contributed by atoms with Crippen LogP contribution in [-0.2, 0) is 25.7 Å². The fraction of sp³-hybridized carbons (Fsp3) is 0.551. The van der Waals surface area contributed by atoms with E-state index in [2.05, 4.69) is 31.0 Å². The Morgan fingerprint density at radius 1 is 0.750 bits per heavy atom. The van der Waals surface area contributed by atoms with Gasteiger partial charge in [-0.15, -0.1) is 0 Å². The highest BCUT2D eigenvalue weighted by molar-refractivity contribution is 6.07. The lowest BCUT2D eigenvalue weighted by molar-refractivity contribution is -0.149. The number of nitrogens with one attached hydrogen (secondary N) is 1. The standard InChI is InChI=1S/C49H59F2N7O6/c1-63-43-28-42(39(51)27-37(43)45-49(14-24-64-25-15-49)48(62)58(45)40-5-3-2-4-38(40)50)56-18-12-33(13-19-56)30-54-22-20-53(21-23-54)29-32-10-16-55(17-11-32)35-6-7-36-34(26-35)31-57(47(36)61)41-8-9-44(59)52-46(41)60/h2-7,26-28,32-33,41,45H,8-25,29-31H2,1H3,(H,52,59,60)/t41-,45-/m0/s1. The number of rotatable bonds is 10. The van der Waals surface area contributed by atoms with Crippen molar-refractivity contribution in [2.45, 2.75) is 70.0 Å². The van der Waals surface area contributed by atoms with Gasteiger partial charge in [0.1, 0.15) is 23.4 Å². The number of carbonyl (C=O) groups excluding carboxylic acids is 4. The van der Waals surface area contributed by atoms with Crippen molar-refractivity contribution in [1.29, 1.82) is 0 Å². The van der Waals surface area contributed by atoms with E-state index < -0.39 is 23.3 Å². The molecule has 7 heterocycles. The third-order valence-corrected chi connectivity index (χ3v) is 15.5. The first-order valence-corrected chi connectivity index (χ1v) is 23.4. The Bertz CT molecular complexity index is 2280. The molecule has 15 heteroatoms. The Kier molecular flexibility index (Phi) is 11.8. The van der Waals surface area contributed by atoms with E-state index in [1.54, 1.807) is 36.3 Å². The summed E-state index contributed by atoms with van der Waals surface area (Å²) in [4.78, 5) is 64.0. The minimum Gasteiger partial charge on any atom is -0.496 e. The fourth-order valence-electron chi connectivity index (χ4n) is 11.8. The van der Waals surface area contributed by atoms with E-state index in [4.69, 9.17) is 9.47 Å². The molecule has 340 valence electrons. The molecule has 7 aliphatic heterocycles. The molecule has 0 aliphatic carbocycles. The number of para-hydroxylation sites is 1. The van der Waals surface area contributed by atoms with Crippen LogP contribution in [0, 0.1) is 28.9 Å². The number of piperazine rings is 1. The van der Waals surface area contributed by atoms with Gasteiger partial charge in [0.25, 0.3) is 5.91 Å². The lowest BCUT2D eigenvalue weighted by Crippen LogP contribution is -2.65. The molecule has 13 nitrogen and oxygen atoms in total. The van der Waals surface area contributed by atoms with Gasteiger partial charge in [0, 0.05) is 115 Å². The molecule has 3 aromatic carbocycles. The number of anilines is 3. The van der Waals surface area contributed by atoms with Crippen molar-refractivity contribution >= 4 is 40.7 Å². The number of hydrogen-bond donors (Lipinski definition) is 1. The number of hydrogen-bond acceptors (Lipinski definition) is 10. The van der Waals surface area contributed by atoms with Crippen LogP contribution in [0.2, 0.25) is 0 Å². The maximum atomic E-state index is 16.3. The van der Waals surface area contributed by atoms with Gasteiger partial charge in [-0.1, -0.05) is 12.1 Å². The van der Waals surface area contributed by atoms with Crippen molar-refractivity contribution in [1.82, 2.24) is 20.0 Å². The monoisotopic (exact) mass is 879 g/mol. The molecule has 7 aliphatic rings. The van der Waals surface area contributed by atoms with E-state index in [-0.39, 0.29) is 41.6 Å². The largest absolute Gasteiger partial charge is 0.496 e. The number of imide groups is 1. The summed E-state index contributed by atoms with van der Waals surface area (Å²) in [7, 11) is 1.57. The lowest BCUT2D eigenvalue weighted by Gasteiger charge is -2.57. The van der Waals surface area contributed by atoms with Gasteiger partial charge in [-0.2, -0.15) is 0 Å². The number of β-lactam (4-membered cyclic amide) rings is 1.